The van der Waals surface area contributed by atoms with Crippen LogP contribution in [0.5, 0.6) is 0 Å². The Labute approximate surface area is 107 Å². The van der Waals surface area contributed by atoms with E-state index >= 15 is 0 Å². The molecule has 88 valence electrons. The van der Waals surface area contributed by atoms with Crippen LogP contribution in [0.1, 0.15) is 30.6 Å². The van der Waals surface area contributed by atoms with Gasteiger partial charge in [0.05, 0.1) is 0 Å². The van der Waals surface area contributed by atoms with Gasteiger partial charge in [-0.2, -0.15) is 12.6 Å². The molecular formula is C13H19NS2. The number of nitrogens with zero attached hydrogens (tertiary/aromatic N) is 1. The van der Waals surface area contributed by atoms with Crippen LogP contribution in [0.15, 0.2) is 17.5 Å². The van der Waals surface area contributed by atoms with Gasteiger partial charge in [-0.25, -0.2) is 0 Å². The van der Waals surface area contributed by atoms with Crippen molar-refractivity contribution in [2.75, 3.05) is 12.3 Å². The van der Waals surface area contributed by atoms with E-state index in [4.69, 9.17) is 0 Å². The first kappa shape index (κ1) is 11.1. The molecule has 1 nitrogen and oxygen atoms in total. The molecule has 0 bridgehead atoms. The van der Waals surface area contributed by atoms with Gasteiger partial charge < -0.3 is 0 Å². The summed E-state index contributed by atoms with van der Waals surface area (Å²) < 4.78 is 0. The van der Waals surface area contributed by atoms with E-state index in [2.05, 4.69) is 35.0 Å². The fourth-order valence-electron chi connectivity index (χ4n) is 2.33. The zero-order valence-electron chi connectivity index (χ0n) is 9.56. The molecule has 2 aliphatic carbocycles. The molecule has 0 atom stereocenters. The molecule has 2 saturated carbocycles. The van der Waals surface area contributed by atoms with Gasteiger partial charge in [-0.3, -0.25) is 4.90 Å². The van der Waals surface area contributed by atoms with Crippen LogP contribution < -0.4 is 0 Å². The van der Waals surface area contributed by atoms with Crippen LogP contribution in [0.3, 0.4) is 0 Å². The molecule has 0 aromatic carbocycles. The minimum absolute atomic E-state index is 0.572. The number of rotatable bonds is 6. The van der Waals surface area contributed by atoms with Crippen LogP contribution >= 0.6 is 24.0 Å². The average molecular weight is 253 g/mol. The highest BCUT2D eigenvalue weighted by molar-refractivity contribution is 7.80. The van der Waals surface area contributed by atoms with Crippen molar-refractivity contribution in [3.63, 3.8) is 0 Å². The molecule has 2 aliphatic rings. The largest absolute Gasteiger partial charge is 0.295 e. The molecule has 0 unspecified atom stereocenters. The summed E-state index contributed by atoms with van der Waals surface area (Å²) in [5, 5.41) is 2.19. The third-order valence-electron chi connectivity index (χ3n) is 3.83. The molecule has 2 fully saturated rings. The zero-order valence-corrected chi connectivity index (χ0v) is 11.3. The van der Waals surface area contributed by atoms with E-state index < -0.39 is 0 Å². The van der Waals surface area contributed by atoms with Crippen molar-refractivity contribution in [2.45, 2.75) is 38.3 Å². The molecule has 3 rings (SSSR count). The maximum absolute atomic E-state index is 4.52. The molecule has 3 heteroatoms. The zero-order chi connectivity index (χ0) is 11.0. The molecule has 1 aromatic rings. The van der Waals surface area contributed by atoms with Crippen molar-refractivity contribution in [1.29, 1.82) is 0 Å². The van der Waals surface area contributed by atoms with E-state index in [9.17, 15) is 0 Å². The van der Waals surface area contributed by atoms with Gasteiger partial charge in [0.15, 0.2) is 0 Å². The van der Waals surface area contributed by atoms with Crippen molar-refractivity contribution in [3.05, 3.63) is 22.4 Å². The molecule has 0 saturated heterocycles. The molecule has 0 aliphatic heterocycles. The molecular weight excluding hydrogens is 234 g/mol. The Balaban J connectivity index is 1.63. The number of hydrogen-bond donors (Lipinski definition) is 1. The Morgan fingerprint density at radius 2 is 2.25 bits per heavy atom. The summed E-state index contributed by atoms with van der Waals surface area (Å²) in [7, 11) is 0. The maximum Gasteiger partial charge on any atom is 0.0331 e. The Kier molecular flexibility index (Phi) is 3.03. The first-order valence-corrected chi connectivity index (χ1v) is 7.70. The molecule has 0 spiro atoms. The summed E-state index contributed by atoms with van der Waals surface area (Å²) in [6.07, 6.45) is 5.61. The van der Waals surface area contributed by atoms with Crippen LogP contribution in [0, 0.1) is 5.41 Å². The van der Waals surface area contributed by atoms with Crippen molar-refractivity contribution >= 4 is 24.0 Å². The Hall–Kier alpha value is 0.01000. The lowest BCUT2D eigenvalue weighted by molar-refractivity contribution is 0.214. The van der Waals surface area contributed by atoms with Crippen molar-refractivity contribution in [1.82, 2.24) is 4.90 Å². The highest BCUT2D eigenvalue weighted by Gasteiger charge is 2.44. The monoisotopic (exact) mass is 253 g/mol. The van der Waals surface area contributed by atoms with E-state index in [0.29, 0.717) is 5.41 Å². The highest BCUT2D eigenvalue weighted by atomic mass is 32.1. The van der Waals surface area contributed by atoms with Gasteiger partial charge >= 0.3 is 0 Å². The molecule has 1 aromatic heterocycles. The standard InChI is InChI=1S/C13H19NS2/c15-10-13(5-6-13)9-14(11-3-4-11)8-12-2-1-7-16-12/h1-2,7,11,15H,3-6,8-10H2. The quantitative estimate of drug-likeness (QED) is 0.760. The first-order chi connectivity index (χ1) is 7.81. The summed E-state index contributed by atoms with van der Waals surface area (Å²) >= 11 is 6.41. The van der Waals surface area contributed by atoms with Gasteiger partial charge in [0.2, 0.25) is 0 Å². The fraction of sp³-hybridized carbons (Fsp3) is 0.692. The first-order valence-electron chi connectivity index (χ1n) is 6.19. The van der Waals surface area contributed by atoms with E-state index in [-0.39, 0.29) is 0 Å². The van der Waals surface area contributed by atoms with Crippen LogP contribution in [0.25, 0.3) is 0 Å². The smallest absolute Gasteiger partial charge is 0.0331 e. The summed E-state index contributed by atoms with van der Waals surface area (Å²) in [6.45, 7) is 2.44. The second-order valence-corrected chi connectivity index (χ2v) is 6.72. The second kappa shape index (κ2) is 4.35. The lowest BCUT2D eigenvalue weighted by atomic mass is 10.1. The second-order valence-electron chi connectivity index (χ2n) is 5.37. The lowest BCUT2D eigenvalue weighted by Crippen LogP contribution is -2.32. The third kappa shape index (κ3) is 2.47. The Morgan fingerprint density at radius 1 is 1.44 bits per heavy atom. The topological polar surface area (TPSA) is 3.24 Å². The van der Waals surface area contributed by atoms with Gasteiger partial charge in [-0.1, -0.05) is 6.07 Å². The minimum atomic E-state index is 0.572. The summed E-state index contributed by atoms with van der Waals surface area (Å²) in [5.74, 6) is 1.07. The van der Waals surface area contributed by atoms with Gasteiger partial charge in [-0.15, -0.1) is 11.3 Å². The van der Waals surface area contributed by atoms with Crippen LogP contribution in [-0.2, 0) is 6.54 Å². The Bertz CT molecular complexity index is 339. The van der Waals surface area contributed by atoms with Gasteiger partial charge in [0.1, 0.15) is 0 Å². The molecule has 0 amide bonds. The van der Waals surface area contributed by atoms with Crippen LogP contribution in [0.2, 0.25) is 0 Å². The van der Waals surface area contributed by atoms with Gasteiger partial charge in [0.25, 0.3) is 0 Å². The number of thiophene rings is 1. The molecule has 0 N–H and O–H groups in total. The van der Waals surface area contributed by atoms with Gasteiger partial charge in [0, 0.05) is 24.0 Å². The summed E-state index contributed by atoms with van der Waals surface area (Å²) in [5.41, 5.74) is 0.572. The summed E-state index contributed by atoms with van der Waals surface area (Å²) in [6, 6.07) is 5.30. The Morgan fingerprint density at radius 3 is 2.75 bits per heavy atom. The van der Waals surface area contributed by atoms with Crippen LogP contribution in [0.4, 0.5) is 0 Å². The van der Waals surface area contributed by atoms with Gasteiger partial charge in [-0.05, 0) is 48.3 Å². The van der Waals surface area contributed by atoms with Crippen LogP contribution in [-0.4, -0.2) is 23.2 Å². The SMILES string of the molecule is SCC1(CN(Cc2cccs2)C2CC2)CC1. The van der Waals surface area contributed by atoms with Crippen molar-refractivity contribution in [2.24, 2.45) is 5.41 Å². The van der Waals surface area contributed by atoms with E-state index in [1.54, 1.807) is 0 Å². The average Bonchev–Trinajstić information content (AvgIpc) is 3.20. The normalized spacial score (nSPS) is 22.6. The van der Waals surface area contributed by atoms with E-state index in [0.717, 1.165) is 18.3 Å². The lowest BCUT2D eigenvalue weighted by Gasteiger charge is -2.26. The third-order valence-corrected chi connectivity index (χ3v) is 5.37. The predicted molar refractivity (Wildman–Crippen MR) is 73.3 cm³/mol. The van der Waals surface area contributed by atoms with E-state index in [1.807, 2.05) is 11.3 Å². The highest BCUT2D eigenvalue weighted by Crippen LogP contribution is 2.48. The van der Waals surface area contributed by atoms with E-state index in [1.165, 1.54) is 37.1 Å². The maximum atomic E-state index is 4.52. The predicted octanol–water partition coefficient (Wildman–Crippen LogP) is 3.42. The number of thiol groups is 1. The fourth-order valence-corrected chi connectivity index (χ4v) is 3.48. The molecule has 0 radical (unpaired) electrons. The number of hydrogen-bond acceptors (Lipinski definition) is 3. The minimum Gasteiger partial charge on any atom is -0.295 e. The summed E-state index contributed by atoms with van der Waals surface area (Å²) in [4.78, 5) is 4.22. The van der Waals surface area contributed by atoms with Crippen molar-refractivity contribution < 1.29 is 0 Å². The molecule has 16 heavy (non-hydrogen) atoms. The van der Waals surface area contributed by atoms with Crippen molar-refractivity contribution in [3.8, 4) is 0 Å². The molecule has 1 heterocycles.